The van der Waals surface area contributed by atoms with Gasteiger partial charge in [0.15, 0.2) is 5.96 Å². The van der Waals surface area contributed by atoms with E-state index in [0.29, 0.717) is 24.9 Å². The molecule has 0 saturated heterocycles. The highest BCUT2D eigenvalue weighted by Gasteiger charge is 2.33. The maximum Gasteiger partial charge on any atom is 0.191 e. The average molecular weight is 293 g/mol. The molecule has 116 valence electrons. The van der Waals surface area contributed by atoms with Gasteiger partial charge in [-0.25, -0.2) is 4.39 Å². The van der Waals surface area contributed by atoms with E-state index in [0.717, 1.165) is 24.8 Å². The second-order valence-electron chi connectivity index (χ2n) is 5.38. The van der Waals surface area contributed by atoms with Crippen LogP contribution in [0.15, 0.2) is 29.3 Å². The lowest BCUT2D eigenvalue weighted by Gasteiger charge is -2.10. The number of hydrogen-bond acceptors (Lipinski definition) is 2. The van der Waals surface area contributed by atoms with Crippen LogP contribution in [0.5, 0.6) is 5.75 Å². The smallest absolute Gasteiger partial charge is 0.191 e. The molecule has 1 aliphatic rings. The molecule has 0 spiro atoms. The first-order valence-electron chi connectivity index (χ1n) is 7.62. The van der Waals surface area contributed by atoms with E-state index in [9.17, 15) is 4.39 Å². The molecule has 1 saturated carbocycles. The molecule has 0 bridgehead atoms. The standard InChI is InChI=1S/C16H24FN3O/c1-3-18-16(20-15-11-12(15)2)19-9-4-10-21-14-7-5-13(17)6-8-14/h5-8,12,15H,3-4,9-11H2,1-2H3,(H2,18,19,20). The Morgan fingerprint density at radius 1 is 1.38 bits per heavy atom. The largest absolute Gasteiger partial charge is 0.494 e. The summed E-state index contributed by atoms with van der Waals surface area (Å²) in [7, 11) is 0. The first-order chi connectivity index (χ1) is 10.2. The summed E-state index contributed by atoms with van der Waals surface area (Å²) in [5.41, 5.74) is 0. The van der Waals surface area contributed by atoms with Gasteiger partial charge in [0, 0.05) is 25.6 Å². The first kappa shape index (κ1) is 15.6. The highest BCUT2D eigenvalue weighted by Crippen LogP contribution is 2.28. The Morgan fingerprint density at radius 3 is 2.71 bits per heavy atom. The molecule has 4 nitrogen and oxygen atoms in total. The molecule has 0 radical (unpaired) electrons. The van der Waals surface area contributed by atoms with Gasteiger partial charge in [0.05, 0.1) is 6.61 Å². The van der Waals surface area contributed by atoms with Crippen LogP contribution in [0.25, 0.3) is 0 Å². The van der Waals surface area contributed by atoms with Crippen LogP contribution in [0.3, 0.4) is 0 Å². The number of rotatable bonds is 7. The lowest BCUT2D eigenvalue weighted by Crippen LogP contribution is -2.39. The highest BCUT2D eigenvalue weighted by molar-refractivity contribution is 5.80. The Bertz CT molecular complexity index is 461. The summed E-state index contributed by atoms with van der Waals surface area (Å²) >= 11 is 0. The van der Waals surface area contributed by atoms with Crippen LogP contribution in [0.2, 0.25) is 0 Å². The number of nitrogens with one attached hydrogen (secondary N) is 2. The molecule has 1 aromatic rings. The van der Waals surface area contributed by atoms with Crippen molar-refractivity contribution in [2.45, 2.75) is 32.7 Å². The number of ether oxygens (including phenoxy) is 1. The molecule has 0 aliphatic heterocycles. The average Bonchev–Trinajstić information content (AvgIpc) is 3.16. The van der Waals surface area contributed by atoms with Gasteiger partial charge in [-0.15, -0.1) is 0 Å². The molecule has 1 aliphatic carbocycles. The van der Waals surface area contributed by atoms with Crippen molar-refractivity contribution in [1.29, 1.82) is 0 Å². The quantitative estimate of drug-likeness (QED) is 0.461. The molecule has 1 aromatic carbocycles. The van der Waals surface area contributed by atoms with Crippen LogP contribution in [0.1, 0.15) is 26.7 Å². The summed E-state index contributed by atoms with van der Waals surface area (Å²) < 4.78 is 18.3. The minimum atomic E-state index is -0.248. The Kier molecular flexibility index (Phi) is 5.84. The van der Waals surface area contributed by atoms with E-state index in [2.05, 4.69) is 29.5 Å². The summed E-state index contributed by atoms with van der Waals surface area (Å²) in [6.07, 6.45) is 2.05. The second kappa shape index (κ2) is 7.86. The molecule has 2 atom stereocenters. The van der Waals surface area contributed by atoms with Gasteiger partial charge < -0.3 is 15.4 Å². The lowest BCUT2D eigenvalue weighted by atomic mass is 10.3. The Morgan fingerprint density at radius 2 is 2.10 bits per heavy atom. The highest BCUT2D eigenvalue weighted by atomic mass is 19.1. The molecule has 1 fully saturated rings. The Labute approximate surface area is 125 Å². The van der Waals surface area contributed by atoms with Crippen LogP contribution < -0.4 is 15.4 Å². The van der Waals surface area contributed by atoms with E-state index in [1.54, 1.807) is 12.1 Å². The molecule has 5 heteroatoms. The zero-order valence-electron chi connectivity index (χ0n) is 12.7. The van der Waals surface area contributed by atoms with Crippen LogP contribution in [0, 0.1) is 11.7 Å². The zero-order valence-corrected chi connectivity index (χ0v) is 12.7. The number of guanidine groups is 1. The maximum absolute atomic E-state index is 12.7. The number of aliphatic imine (C=N–C) groups is 1. The zero-order chi connectivity index (χ0) is 15.1. The predicted octanol–water partition coefficient (Wildman–Crippen LogP) is 2.56. The third kappa shape index (κ3) is 5.61. The van der Waals surface area contributed by atoms with E-state index in [-0.39, 0.29) is 5.82 Å². The molecule has 2 N–H and O–H groups in total. The lowest BCUT2D eigenvalue weighted by molar-refractivity contribution is 0.313. The second-order valence-corrected chi connectivity index (χ2v) is 5.38. The summed E-state index contributed by atoms with van der Waals surface area (Å²) in [4.78, 5) is 4.53. The van der Waals surface area contributed by atoms with Crippen LogP contribution in [-0.2, 0) is 0 Å². The van der Waals surface area contributed by atoms with Gasteiger partial charge in [-0.3, -0.25) is 4.99 Å². The van der Waals surface area contributed by atoms with Crippen LogP contribution >= 0.6 is 0 Å². The fraction of sp³-hybridized carbons (Fsp3) is 0.562. The molecule has 0 amide bonds. The van der Waals surface area contributed by atoms with Gasteiger partial charge in [0.2, 0.25) is 0 Å². The van der Waals surface area contributed by atoms with Crippen molar-refractivity contribution < 1.29 is 9.13 Å². The number of nitrogens with zero attached hydrogens (tertiary/aromatic N) is 1. The van der Waals surface area contributed by atoms with Crippen molar-refractivity contribution in [3.8, 4) is 5.75 Å². The van der Waals surface area contributed by atoms with Gasteiger partial charge in [-0.2, -0.15) is 0 Å². The summed E-state index contributed by atoms with van der Waals surface area (Å²) in [5, 5.41) is 6.66. The van der Waals surface area contributed by atoms with Gasteiger partial charge in [0.25, 0.3) is 0 Å². The van der Waals surface area contributed by atoms with Crippen molar-refractivity contribution in [3.05, 3.63) is 30.1 Å². The Balaban J connectivity index is 1.66. The molecular formula is C16H24FN3O. The van der Waals surface area contributed by atoms with E-state index in [4.69, 9.17) is 4.74 Å². The first-order valence-corrected chi connectivity index (χ1v) is 7.62. The van der Waals surface area contributed by atoms with Crippen molar-refractivity contribution in [2.24, 2.45) is 10.9 Å². The van der Waals surface area contributed by atoms with Gasteiger partial charge >= 0.3 is 0 Å². The third-order valence-corrected chi connectivity index (χ3v) is 3.43. The van der Waals surface area contributed by atoms with Crippen LogP contribution in [0.4, 0.5) is 4.39 Å². The van der Waals surface area contributed by atoms with Crippen molar-refractivity contribution in [1.82, 2.24) is 10.6 Å². The fourth-order valence-electron chi connectivity index (χ4n) is 2.00. The molecular weight excluding hydrogens is 269 g/mol. The maximum atomic E-state index is 12.7. The monoisotopic (exact) mass is 293 g/mol. The molecule has 2 unspecified atom stereocenters. The topological polar surface area (TPSA) is 45.7 Å². The predicted molar refractivity (Wildman–Crippen MR) is 83.2 cm³/mol. The third-order valence-electron chi connectivity index (χ3n) is 3.43. The van der Waals surface area contributed by atoms with Crippen molar-refractivity contribution in [3.63, 3.8) is 0 Å². The van der Waals surface area contributed by atoms with E-state index >= 15 is 0 Å². The fourth-order valence-corrected chi connectivity index (χ4v) is 2.00. The van der Waals surface area contributed by atoms with E-state index < -0.39 is 0 Å². The summed E-state index contributed by atoms with van der Waals surface area (Å²) in [6, 6.07) is 6.64. The van der Waals surface area contributed by atoms with Gasteiger partial charge in [-0.1, -0.05) is 6.92 Å². The SMILES string of the molecule is CCNC(=NCCCOc1ccc(F)cc1)NC1CC1C. The summed E-state index contributed by atoms with van der Waals surface area (Å²) in [5.74, 6) is 2.07. The van der Waals surface area contributed by atoms with Crippen LogP contribution in [-0.4, -0.2) is 31.7 Å². The molecule has 0 heterocycles. The molecule has 2 rings (SSSR count). The van der Waals surface area contributed by atoms with Crippen molar-refractivity contribution in [2.75, 3.05) is 19.7 Å². The number of halogens is 1. The molecule has 0 aromatic heterocycles. The van der Waals surface area contributed by atoms with E-state index in [1.807, 2.05) is 0 Å². The Hall–Kier alpha value is -1.78. The number of benzene rings is 1. The normalized spacial score (nSPS) is 21.0. The van der Waals surface area contributed by atoms with Gasteiger partial charge in [-0.05, 0) is 43.5 Å². The number of hydrogen-bond donors (Lipinski definition) is 2. The van der Waals surface area contributed by atoms with Crippen molar-refractivity contribution >= 4 is 5.96 Å². The van der Waals surface area contributed by atoms with Gasteiger partial charge in [0.1, 0.15) is 11.6 Å². The van der Waals surface area contributed by atoms with E-state index in [1.165, 1.54) is 18.6 Å². The minimum absolute atomic E-state index is 0.248. The minimum Gasteiger partial charge on any atom is -0.494 e. The molecule has 21 heavy (non-hydrogen) atoms. The summed E-state index contributed by atoms with van der Waals surface area (Å²) in [6.45, 7) is 6.44.